The molecule has 2 aromatic carbocycles. The van der Waals surface area contributed by atoms with Crippen molar-refractivity contribution in [1.29, 1.82) is 0 Å². The third-order valence-corrected chi connectivity index (χ3v) is 5.62. The summed E-state index contributed by atoms with van der Waals surface area (Å²) >= 11 is 0. The standard InChI is InChI=1S/C29H29N3O4/c1-34-26-13-11-21(18-27(26)35-2)15-17-36-29-10-4-9-25(32-29)23-7-3-8-24(19-23)31-28(33)14-12-22-6-5-16-30-20-22/h3-11,13,16,18-20H,12,14-15,17H2,1-2H3,(H,31,33). The first-order valence-corrected chi connectivity index (χ1v) is 11.7. The molecule has 0 fully saturated rings. The van der Waals surface area contributed by atoms with Gasteiger partial charge in [-0.15, -0.1) is 0 Å². The average molecular weight is 484 g/mol. The van der Waals surface area contributed by atoms with Crippen LogP contribution in [0.1, 0.15) is 17.5 Å². The van der Waals surface area contributed by atoms with E-state index in [0.29, 0.717) is 43.2 Å². The number of methoxy groups -OCH3 is 2. The van der Waals surface area contributed by atoms with Gasteiger partial charge in [0.15, 0.2) is 11.5 Å². The molecule has 7 heteroatoms. The molecule has 0 bridgehead atoms. The van der Waals surface area contributed by atoms with Crippen LogP contribution in [-0.4, -0.2) is 36.7 Å². The number of aromatic nitrogens is 2. The van der Waals surface area contributed by atoms with E-state index in [1.54, 1.807) is 26.6 Å². The Bertz CT molecular complexity index is 1290. The second kappa shape index (κ2) is 12.4. The van der Waals surface area contributed by atoms with Gasteiger partial charge in [0, 0.05) is 42.6 Å². The molecule has 184 valence electrons. The number of hydrogen-bond donors (Lipinski definition) is 1. The van der Waals surface area contributed by atoms with E-state index in [-0.39, 0.29) is 5.91 Å². The van der Waals surface area contributed by atoms with E-state index in [4.69, 9.17) is 14.2 Å². The van der Waals surface area contributed by atoms with E-state index in [1.807, 2.05) is 72.8 Å². The van der Waals surface area contributed by atoms with Crippen molar-refractivity contribution < 1.29 is 19.0 Å². The predicted molar refractivity (Wildman–Crippen MR) is 140 cm³/mol. The molecule has 0 saturated carbocycles. The Morgan fingerprint density at radius 3 is 2.53 bits per heavy atom. The van der Waals surface area contributed by atoms with Crippen LogP contribution in [-0.2, 0) is 17.6 Å². The fourth-order valence-electron chi connectivity index (χ4n) is 3.75. The second-order valence-electron chi connectivity index (χ2n) is 8.14. The monoisotopic (exact) mass is 483 g/mol. The van der Waals surface area contributed by atoms with Gasteiger partial charge in [0.1, 0.15) is 0 Å². The SMILES string of the molecule is COc1ccc(CCOc2cccc(-c3cccc(NC(=O)CCc4cccnc4)c3)n2)cc1OC. The lowest BCUT2D eigenvalue weighted by Crippen LogP contribution is -2.12. The largest absolute Gasteiger partial charge is 0.493 e. The third-order valence-electron chi connectivity index (χ3n) is 5.62. The van der Waals surface area contributed by atoms with Gasteiger partial charge < -0.3 is 19.5 Å². The van der Waals surface area contributed by atoms with E-state index in [0.717, 1.165) is 28.1 Å². The molecule has 1 N–H and O–H groups in total. The number of rotatable bonds is 11. The number of nitrogens with zero attached hydrogens (tertiary/aromatic N) is 2. The molecule has 0 aliphatic rings. The molecule has 0 aliphatic carbocycles. The van der Waals surface area contributed by atoms with Gasteiger partial charge in [-0.25, -0.2) is 4.98 Å². The molecule has 0 spiro atoms. The maximum atomic E-state index is 12.4. The normalized spacial score (nSPS) is 10.5. The molecule has 2 heterocycles. The highest BCUT2D eigenvalue weighted by molar-refractivity contribution is 5.91. The molecule has 0 radical (unpaired) electrons. The Morgan fingerprint density at radius 1 is 0.861 bits per heavy atom. The summed E-state index contributed by atoms with van der Waals surface area (Å²) in [6.45, 7) is 0.471. The summed E-state index contributed by atoms with van der Waals surface area (Å²) < 4.78 is 16.6. The van der Waals surface area contributed by atoms with Crippen molar-refractivity contribution in [2.45, 2.75) is 19.3 Å². The second-order valence-corrected chi connectivity index (χ2v) is 8.14. The third kappa shape index (κ3) is 6.82. The fourth-order valence-corrected chi connectivity index (χ4v) is 3.75. The molecule has 1 amide bonds. The van der Waals surface area contributed by atoms with Crippen molar-refractivity contribution >= 4 is 11.6 Å². The van der Waals surface area contributed by atoms with Gasteiger partial charge in [-0.05, 0) is 53.9 Å². The smallest absolute Gasteiger partial charge is 0.224 e. The summed E-state index contributed by atoms with van der Waals surface area (Å²) in [4.78, 5) is 21.1. The lowest BCUT2D eigenvalue weighted by atomic mass is 10.1. The topological polar surface area (TPSA) is 82.6 Å². The number of hydrogen-bond acceptors (Lipinski definition) is 6. The Hall–Kier alpha value is -4.39. The number of carbonyl (C=O) groups is 1. The lowest BCUT2D eigenvalue weighted by molar-refractivity contribution is -0.116. The Labute approximate surface area is 211 Å². The Balaban J connectivity index is 1.34. The van der Waals surface area contributed by atoms with Crippen molar-refractivity contribution in [3.05, 3.63) is 96.3 Å². The molecule has 0 aliphatic heterocycles. The number of carbonyl (C=O) groups excluding carboxylic acids is 1. The summed E-state index contributed by atoms with van der Waals surface area (Å²) in [7, 11) is 3.24. The molecule has 4 aromatic rings. The average Bonchev–Trinajstić information content (AvgIpc) is 2.92. The van der Waals surface area contributed by atoms with Crippen LogP contribution in [0, 0.1) is 0 Å². The zero-order chi connectivity index (χ0) is 25.2. The molecular formula is C29H29N3O4. The van der Waals surface area contributed by atoms with Gasteiger partial charge >= 0.3 is 0 Å². The quantitative estimate of drug-likeness (QED) is 0.310. The van der Waals surface area contributed by atoms with E-state index < -0.39 is 0 Å². The molecule has 0 unspecified atom stereocenters. The summed E-state index contributed by atoms with van der Waals surface area (Å²) in [5.41, 5.74) is 4.50. The molecule has 4 rings (SSSR count). The zero-order valence-electron chi connectivity index (χ0n) is 20.4. The maximum Gasteiger partial charge on any atom is 0.224 e. The minimum absolute atomic E-state index is 0.0452. The van der Waals surface area contributed by atoms with Crippen LogP contribution in [0.15, 0.2) is 85.2 Å². The van der Waals surface area contributed by atoms with Crippen LogP contribution in [0.25, 0.3) is 11.3 Å². The lowest BCUT2D eigenvalue weighted by Gasteiger charge is -2.11. The van der Waals surface area contributed by atoms with Gasteiger partial charge in [0.2, 0.25) is 11.8 Å². The van der Waals surface area contributed by atoms with Gasteiger partial charge in [-0.3, -0.25) is 9.78 Å². The van der Waals surface area contributed by atoms with E-state index >= 15 is 0 Å². The molecule has 36 heavy (non-hydrogen) atoms. The van der Waals surface area contributed by atoms with Crippen LogP contribution in [0.5, 0.6) is 17.4 Å². The van der Waals surface area contributed by atoms with Crippen LogP contribution < -0.4 is 19.5 Å². The maximum absolute atomic E-state index is 12.4. The first kappa shape index (κ1) is 24.7. The number of ether oxygens (including phenoxy) is 3. The van der Waals surface area contributed by atoms with Crippen molar-refractivity contribution in [2.75, 3.05) is 26.1 Å². The molecule has 0 atom stereocenters. The summed E-state index contributed by atoms with van der Waals surface area (Å²) in [5, 5.41) is 2.97. The minimum Gasteiger partial charge on any atom is -0.493 e. The number of benzene rings is 2. The van der Waals surface area contributed by atoms with Crippen LogP contribution >= 0.6 is 0 Å². The molecule has 7 nitrogen and oxygen atoms in total. The Kier molecular flexibility index (Phi) is 8.48. The number of aryl methyl sites for hydroxylation is 1. The van der Waals surface area contributed by atoms with Crippen molar-refractivity contribution in [3.8, 4) is 28.6 Å². The zero-order valence-corrected chi connectivity index (χ0v) is 20.4. The number of anilines is 1. The highest BCUT2D eigenvalue weighted by Crippen LogP contribution is 2.28. The van der Waals surface area contributed by atoms with Gasteiger partial charge in [-0.1, -0.05) is 30.3 Å². The summed E-state index contributed by atoms with van der Waals surface area (Å²) in [6.07, 6.45) is 5.23. The van der Waals surface area contributed by atoms with E-state index in [2.05, 4.69) is 15.3 Å². The minimum atomic E-state index is -0.0452. The van der Waals surface area contributed by atoms with Gasteiger partial charge in [0.25, 0.3) is 0 Å². The van der Waals surface area contributed by atoms with Crippen molar-refractivity contribution in [3.63, 3.8) is 0 Å². The highest BCUT2D eigenvalue weighted by Gasteiger charge is 2.08. The number of amides is 1. The highest BCUT2D eigenvalue weighted by atomic mass is 16.5. The van der Waals surface area contributed by atoms with E-state index in [9.17, 15) is 4.79 Å². The molecule has 0 saturated heterocycles. The number of pyridine rings is 2. The summed E-state index contributed by atoms with van der Waals surface area (Å²) in [6, 6.07) is 23.0. The summed E-state index contributed by atoms with van der Waals surface area (Å²) in [5.74, 6) is 1.89. The Morgan fingerprint density at radius 2 is 1.72 bits per heavy atom. The van der Waals surface area contributed by atoms with Crippen molar-refractivity contribution in [2.24, 2.45) is 0 Å². The first-order valence-electron chi connectivity index (χ1n) is 11.7. The fraction of sp³-hybridized carbons (Fsp3) is 0.207. The first-order chi connectivity index (χ1) is 17.6. The van der Waals surface area contributed by atoms with Crippen LogP contribution in [0.2, 0.25) is 0 Å². The number of nitrogens with one attached hydrogen (secondary N) is 1. The molecule has 2 aromatic heterocycles. The predicted octanol–water partition coefficient (Wildman–Crippen LogP) is 5.35. The van der Waals surface area contributed by atoms with Gasteiger partial charge in [0.05, 0.1) is 26.5 Å². The van der Waals surface area contributed by atoms with E-state index in [1.165, 1.54) is 0 Å². The van der Waals surface area contributed by atoms with Crippen LogP contribution in [0.3, 0.4) is 0 Å². The molecular weight excluding hydrogens is 454 g/mol. The van der Waals surface area contributed by atoms with Crippen molar-refractivity contribution in [1.82, 2.24) is 9.97 Å². The van der Waals surface area contributed by atoms with Gasteiger partial charge in [-0.2, -0.15) is 0 Å². The van der Waals surface area contributed by atoms with Crippen LogP contribution in [0.4, 0.5) is 5.69 Å².